The molecule has 1 aliphatic carbocycles. The molecule has 12 rings (SSSR count). The highest BCUT2D eigenvalue weighted by atomic mass is 15.1. The van der Waals surface area contributed by atoms with Crippen molar-refractivity contribution in [1.82, 2.24) is 0 Å². The van der Waals surface area contributed by atoms with E-state index in [1.807, 2.05) is 0 Å². The first-order chi connectivity index (χ1) is 32.1. The zero-order chi connectivity index (χ0) is 43.3. The van der Waals surface area contributed by atoms with Gasteiger partial charge in [0.1, 0.15) is 0 Å². The van der Waals surface area contributed by atoms with Crippen molar-refractivity contribution in [3.63, 3.8) is 0 Å². The van der Waals surface area contributed by atoms with Crippen LogP contribution >= 0.6 is 0 Å². The summed E-state index contributed by atoms with van der Waals surface area (Å²) in [5, 5.41) is 5.05. The molecule has 0 saturated carbocycles. The van der Waals surface area contributed by atoms with E-state index in [4.69, 9.17) is 0 Å². The lowest BCUT2D eigenvalue weighted by Gasteiger charge is -2.32. The SMILES string of the molecule is CC1(c2ccccc2)c2ccccc2-c2ccc(N(c3ccc(-c4cc5ccccc5c5ccccc45)cc3)c3ccccc3-c3ccccc3-c3ccccc3-c3ccccc3)cc21. The highest BCUT2D eigenvalue weighted by molar-refractivity contribution is 6.14. The average molecular weight is 828 g/mol. The molecule has 65 heavy (non-hydrogen) atoms. The van der Waals surface area contributed by atoms with Crippen LogP contribution in [0.2, 0.25) is 0 Å². The van der Waals surface area contributed by atoms with E-state index in [1.165, 1.54) is 88.3 Å². The number of hydrogen-bond acceptors (Lipinski definition) is 1. The third-order valence-electron chi connectivity index (χ3n) is 13.8. The molecular formula is C64H45N. The van der Waals surface area contributed by atoms with Gasteiger partial charge in [-0.15, -0.1) is 0 Å². The normalized spacial score (nSPS) is 14.0. The van der Waals surface area contributed by atoms with E-state index in [1.54, 1.807) is 0 Å². The molecule has 0 N–H and O–H groups in total. The van der Waals surface area contributed by atoms with Gasteiger partial charge in [-0.2, -0.15) is 0 Å². The molecule has 0 aromatic heterocycles. The lowest BCUT2D eigenvalue weighted by molar-refractivity contribution is 0.714. The average Bonchev–Trinajstić information content (AvgIpc) is 3.65. The minimum Gasteiger partial charge on any atom is -0.310 e. The van der Waals surface area contributed by atoms with E-state index in [9.17, 15) is 0 Å². The quantitative estimate of drug-likeness (QED) is 0.138. The van der Waals surface area contributed by atoms with E-state index in [-0.39, 0.29) is 5.41 Å². The van der Waals surface area contributed by atoms with Gasteiger partial charge in [-0.25, -0.2) is 0 Å². The number of fused-ring (bicyclic) bond motifs is 6. The molecule has 0 heterocycles. The van der Waals surface area contributed by atoms with Crippen molar-refractivity contribution in [2.45, 2.75) is 12.3 Å². The Morgan fingerprint density at radius 1 is 0.292 bits per heavy atom. The molecule has 1 aliphatic rings. The predicted octanol–water partition coefficient (Wildman–Crippen LogP) is 17.5. The standard InChI is InChI=1S/C64H45N/c1-64(47-23-6-3-7-24-47)61-34-18-16-32-57(61)58-41-40-49(43-62(58)64)65(48-38-36-45(37-39-48)60-42-46-22-8-9-26-51(46)53-28-12-15-31-56(53)60)63-35-19-17-33-59(63)55-30-14-13-29-54(55)52-27-11-10-25-50(52)44-20-4-2-5-21-44/h2-43H,1H3. The summed E-state index contributed by atoms with van der Waals surface area (Å²) in [5.41, 5.74) is 19.0. The van der Waals surface area contributed by atoms with E-state index in [0.29, 0.717) is 0 Å². The second-order valence-corrected chi connectivity index (χ2v) is 17.3. The summed E-state index contributed by atoms with van der Waals surface area (Å²) >= 11 is 0. The molecule has 0 bridgehead atoms. The maximum absolute atomic E-state index is 2.48. The van der Waals surface area contributed by atoms with Gasteiger partial charge in [0, 0.05) is 22.4 Å². The molecular weight excluding hydrogens is 783 g/mol. The second-order valence-electron chi connectivity index (χ2n) is 17.3. The van der Waals surface area contributed by atoms with Gasteiger partial charge in [0.25, 0.3) is 0 Å². The van der Waals surface area contributed by atoms with Gasteiger partial charge < -0.3 is 4.90 Å². The lowest BCUT2D eigenvalue weighted by Crippen LogP contribution is -2.22. The molecule has 1 atom stereocenters. The van der Waals surface area contributed by atoms with E-state index in [2.05, 4.69) is 267 Å². The van der Waals surface area contributed by atoms with Gasteiger partial charge in [-0.05, 0) is 132 Å². The molecule has 306 valence electrons. The van der Waals surface area contributed by atoms with Crippen LogP contribution in [0.4, 0.5) is 17.1 Å². The summed E-state index contributed by atoms with van der Waals surface area (Å²) in [6.45, 7) is 2.40. The Bertz CT molecular complexity index is 3550. The number of benzene rings is 11. The van der Waals surface area contributed by atoms with Crippen LogP contribution in [0.1, 0.15) is 23.6 Å². The van der Waals surface area contributed by atoms with Crippen LogP contribution in [0.25, 0.3) is 77.2 Å². The summed E-state index contributed by atoms with van der Waals surface area (Å²) in [4.78, 5) is 2.48. The summed E-state index contributed by atoms with van der Waals surface area (Å²) in [6.07, 6.45) is 0. The Morgan fingerprint density at radius 2 is 0.785 bits per heavy atom. The highest BCUT2D eigenvalue weighted by Gasteiger charge is 2.41. The fourth-order valence-electron chi connectivity index (χ4n) is 10.6. The lowest BCUT2D eigenvalue weighted by atomic mass is 9.74. The zero-order valence-electron chi connectivity index (χ0n) is 36.2. The number of anilines is 3. The molecule has 0 saturated heterocycles. The molecule has 1 unspecified atom stereocenters. The first kappa shape index (κ1) is 38.4. The van der Waals surface area contributed by atoms with E-state index >= 15 is 0 Å². The third kappa shape index (κ3) is 6.39. The number of hydrogen-bond donors (Lipinski definition) is 0. The Balaban J connectivity index is 1.07. The van der Waals surface area contributed by atoms with Crippen molar-refractivity contribution in [2.24, 2.45) is 0 Å². The van der Waals surface area contributed by atoms with Gasteiger partial charge in [-0.1, -0.05) is 218 Å². The molecule has 0 radical (unpaired) electrons. The van der Waals surface area contributed by atoms with Crippen LogP contribution in [-0.4, -0.2) is 0 Å². The van der Waals surface area contributed by atoms with Crippen molar-refractivity contribution >= 4 is 38.6 Å². The molecule has 0 amide bonds. The van der Waals surface area contributed by atoms with Crippen molar-refractivity contribution < 1.29 is 0 Å². The van der Waals surface area contributed by atoms with Crippen molar-refractivity contribution in [3.05, 3.63) is 271 Å². The molecule has 11 aromatic carbocycles. The van der Waals surface area contributed by atoms with Gasteiger partial charge in [0.15, 0.2) is 0 Å². The number of nitrogens with zero attached hydrogens (tertiary/aromatic N) is 1. The van der Waals surface area contributed by atoms with Crippen molar-refractivity contribution in [1.29, 1.82) is 0 Å². The fraction of sp³-hybridized carbons (Fsp3) is 0.0312. The van der Waals surface area contributed by atoms with Gasteiger partial charge >= 0.3 is 0 Å². The second kappa shape index (κ2) is 15.8. The molecule has 1 heteroatoms. The van der Waals surface area contributed by atoms with Gasteiger partial charge in [0.2, 0.25) is 0 Å². The first-order valence-corrected chi connectivity index (χ1v) is 22.6. The molecule has 0 spiro atoms. The third-order valence-corrected chi connectivity index (χ3v) is 13.8. The van der Waals surface area contributed by atoms with Crippen molar-refractivity contribution in [2.75, 3.05) is 4.90 Å². The Labute approximate surface area is 381 Å². The molecule has 11 aromatic rings. The maximum atomic E-state index is 2.48. The minimum absolute atomic E-state index is 0.344. The van der Waals surface area contributed by atoms with E-state index < -0.39 is 0 Å². The largest absolute Gasteiger partial charge is 0.310 e. The smallest absolute Gasteiger partial charge is 0.0540 e. The van der Waals surface area contributed by atoms with Crippen molar-refractivity contribution in [3.8, 4) is 55.6 Å². The van der Waals surface area contributed by atoms with Crippen LogP contribution in [0.15, 0.2) is 255 Å². The summed E-state index contributed by atoms with van der Waals surface area (Å²) < 4.78 is 0. The van der Waals surface area contributed by atoms with Crippen LogP contribution in [-0.2, 0) is 5.41 Å². The van der Waals surface area contributed by atoms with Crippen LogP contribution < -0.4 is 4.90 Å². The van der Waals surface area contributed by atoms with Gasteiger partial charge in [-0.3, -0.25) is 0 Å². The summed E-state index contributed by atoms with van der Waals surface area (Å²) in [7, 11) is 0. The Morgan fingerprint density at radius 3 is 1.52 bits per heavy atom. The predicted molar refractivity (Wildman–Crippen MR) is 275 cm³/mol. The topological polar surface area (TPSA) is 3.24 Å². The molecule has 1 nitrogen and oxygen atoms in total. The number of rotatable bonds is 8. The summed E-state index contributed by atoms with van der Waals surface area (Å²) in [6, 6.07) is 93.6. The highest BCUT2D eigenvalue weighted by Crippen LogP contribution is 2.54. The monoisotopic (exact) mass is 827 g/mol. The van der Waals surface area contributed by atoms with Crippen LogP contribution in [0.3, 0.4) is 0 Å². The number of para-hydroxylation sites is 1. The Hall–Kier alpha value is -8.26. The van der Waals surface area contributed by atoms with Gasteiger partial charge in [0.05, 0.1) is 5.69 Å². The fourth-order valence-corrected chi connectivity index (χ4v) is 10.6. The minimum atomic E-state index is -0.344. The first-order valence-electron chi connectivity index (χ1n) is 22.6. The van der Waals surface area contributed by atoms with E-state index in [0.717, 1.165) is 22.6 Å². The maximum Gasteiger partial charge on any atom is 0.0540 e. The zero-order valence-corrected chi connectivity index (χ0v) is 36.2. The van der Waals surface area contributed by atoms with Crippen LogP contribution in [0.5, 0.6) is 0 Å². The Kier molecular flexibility index (Phi) is 9.35. The molecule has 0 fully saturated rings. The molecule has 0 aliphatic heterocycles. The summed E-state index contributed by atoms with van der Waals surface area (Å²) in [5.74, 6) is 0. The van der Waals surface area contributed by atoms with Crippen LogP contribution in [0, 0.1) is 0 Å².